The minimum absolute atomic E-state index is 0.0463. The van der Waals surface area contributed by atoms with Gasteiger partial charge in [-0.1, -0.05) is 12.5 Å². The van der Waals surface area contributed by atoms with E-state index in [0.717, 1.165) is 25.9 Å². The second kappa shape index (κ2) is 8.79. The summed E-state index contributed by atoms with van der Waals surface area (Å²) in [5.41, 5.74) is 5.59. The lowest BCUT2D eigenvalue weighted by Crippen LogP contribution is -2.29. The van der Waals surface area contributed by atoms with E-state index in [0.29, 0.717) is 42.6 Å². The molecule has 0 spiro atoms. The van der Waals surface area contributed by atoms with E-state index in [4.69, 9.17) is 19.6 Å². The molecule has 1 atom stereocenters. The number of rotatable bonds is 6. The molecule has 8 heteroatoms. The first kappa shape index (κ1) is 20.3. The Morgan fingerprint density at radius 1 is 1.10 bits per heavy atom. The highest BCUT2D eigenvalue weighted by atomic mass is 16.6. The Kier molecular flexibility index (Phi) is 5.94. The van der Waals surface area contributed by atoms with Gasteiger partial charge in [0.1, 0.15) is 19.0 Å². The first-order chi connectivity index (χ1) is 14.5. The third-order valence-corrected chi connectivity index (χ3v) is 5.52. The van der Waals surface area contributed by atoms with E-state index in [1.165, 1.54) is 12.5 Å². The van der Waals surface area contributed by atoms with Crippen molar-refractivity contribution in [1.29, 1.82) is 0 Å². The van der Waals surface area contributed by atoms with Crippen LogP contribution in [0.15, 0.2) is 33.5 Å². The largest absolute Gasteiger partial charge is 0.502 e. The van der Waals surface area contributed by atoms with Gasteiger partial charge in [-0.3, -0.25) is 14.5 Å². The van der Waals surface area contributed by atoms with Crippen LogP contribution in [0.1, 0.15) is 48.7 Å². The Hall–Kier alpha value is -3.00. The monoisotopic (exact) mass is 414 g/mol. The van der Waals surface area contributed by atoms with Crippen molar-refractivity contribution in [1.82, 2.24) is 4.90 Å². The average Bonchev–Trinajstić information content (AvgIpc) is 2.75. The number of carbonyl (C=O) groups excluding carboxylic acids is 1. The molecule has 0 bridgehead atoms. The maximum atomic E-state index is 12.5. The fourth-order valence-corrected chi connectivity index (χ4v) is 4.05. The molecule has 1 aromatic carbocycles. The molecule has 4 rings (SSSR count). The van der Waals surface area contributed by atoms with Crippen molar-refractivity contribution in [2.24, 2.45) is 5.73 Å². The summed E-state index contributed by atoms with van der Waals surface area (Å²) in [7, 11) is 0. The number of fused-ring (bicyclic) bond motifs is 1. The summed E-state index contributed by atoms with van der Waals surface area (Å²) in [5.74, 6) is -0.136. The SMILES string of the molecule is NC(=O)C[C@@H](c1ccc2c(c1)OCCO2)c1oc(CN2CCCCC2)cc(=O)c1O. The van der Waals surface area contributed by atoms with E-state index < -0.39 is 23.0 Å². The summed E-state index contributed by atoms with van der Waals surface area (Å²) in [6, 6.07) is 6.56. The smallest absolute Gasteiger partial charge is 0.227 e. The van der Waals surface area contributed by atoms with Crippen LogP contribution in [0.25, 0.3) is 0 Å². The van der Waals surface area contributed by atoms with E-state index in [2.05, 4.69) is 4.90 Å². The fourth-order valence-electron chi connectivity index (χ4n) is 4.05. The van der Waals surface area contributed by atoms with Crippen LogP contribution >= 0.6 is 0 Å². The minimum atomic E-state index is -0.715. The maximum absolute atomic E-state index is 12.5. The predicted octanol–water partition coefficient (Wildman–Crippen LogP) is 2.11. The van der Waals surface area contributed by atoms with Gasteiger partial charge in [-0.05, 0) is 43.6 Å². The number of aromatic hydroxyl groups is 1. The second-order valence-electron chi connectivity index (χ2n) is 7.75. The number of primary amides is 1. The number of nitrogens with zero attached hydrogens (tertiary/aromatic N) is 1. The number of likely N-dealkylation sites (tertiary alicyclic amines) is 1. The molecular weight excluding hydrogens is 388 g/mol. The lowest BCUT2D eigenvalue weighted by atomic mass is 9.91. The second-order valence-corrected chi connectivity index (χ2v) is 7.75. The van der Waals surface area contributed by atoms with Gasteiger partial charge < -0.3 is 24.7 Å². The van der Waals surface area contributed by atoms with Crippen molar-refractivity contribution >= 4 is 5.91 Å². The molecular formula is C22H26N2O6. The van der Waals surface area contributed by atoms with Gasteiger partial charge in [0, 0.05) is 12.5 Å². The molecule has 0 saturated carbocycles. The van der Waals surface area contributed by atoms with Crippen LogP contribution in [0, 0.1) is 0 Å². The number of piperidine rings is 1. The lowest BCUT2D eigenvalue weighted by molar-refractivity contribution is -0.118. The number of nitrogens with two attached hydrogens (primary N) is 1. The number of ether oxygens (including phenoxy) is 2. The number of amides is 1. The molecule has 30 heavy (non-hydrogen) atoms. The van der Waals surface area contributed by atoms with Crippen molar-refractivity contribution in [3.8, 4) is 17.2 Å². The van der Waals surface area contributed by atoms with E-state index >= 15 is 0 Å². The highest BCUT2D eigenvalue weighted by Gasteiger charge is 2.27. The van der Waals surface area contributed by atoms with Crippen LogP contribution in [0.5, 0.6) is 17.2 Å². The number of benzene rings is 1. The van der Waals surface area contributed by atoms with Crippen LogP contribution < -0.4 is 20.6 Å². The van der Waals surface area contributed by atoms with E-state index in [-0.39, 0.29) is 12.2 Å². The molecule has 0 radical (unpaired) electrons. The van der Waals surface area contributed by atoms with Gasteiger partial charge in [-0.2, -0.15) is 0 Å². The normalized spacial score (nSPS) is 17.5. The maximum Gasteiger partial charge on any atom is 0.227 e. The first-order valence-electron chi connectivity index (χ1n) is 10.3. The average molecular weight is 414 g/mol. The number of carbonyl (C=O) groups is 1. The zero-order chi connectivity index (χ0) is 21.1. The van der Waals surface area contributed by atoms with Gasteiger partial charge in [0.25, 0.3) is 0 Å². The van der Waals surface area contributed by atoms with Crippen molar-refractivity contribution < 1.29 is 23.8 Å². The lowest BCUT2D eigenvalue weighted by Gasteiger charge is -2.26. The quantitative estimate of drug-likeness (QED) is 0.744. The van der Waals surface area contributed by atoms with Gasteiger partial charge >= 0.3 is 0 Å². The van der Waals surface area contributed by atoms with Crippen LogP contribution in [-0.4, -0.2) is 42.2 Å². The Morgan fingerprint density at radius 2 is 1.83 bits per heavy atom. The van der Waals surface area contributed by atoms with Crippen LogP contribution in [-0.2, 0) is 11.3 Å². The Balaban J connectivity index is 1.71. The van der Waals surface area contributed by atoms with Crippen molar-refractivity contribution in [3.05, 3.63) is 51.6 Å². The summed E-state index contributed by atoms with van der Waals surface area (Å²) >= 11 is 0. The molecule has 1 saturated heterocycles. The molecule has 1 fully saturated rings. The molecule has 1 amide bonds. The standard InChI is InChI=1S/C22H26N2O6/c23-20(26)12-16(14-4-5-18-19(10-14)29-9-8-28-18)22-21(27)17(25)11-15(30-22)13-24-6-2-1-3-7-24/h4-5,10-11,16,27H,1-3,6-9,12-13H2,(H2,23,26)/t16-/m0/s1. The Bertz CT molecular complexity index is 980. The summed E-state index contributed by atoms with van der Waals surface area (Å²) in [6.45, 7) is 3.24. The van der Waals surface area contributed by atoms with Crippen molar-refractivity contribution in [2.45, 2.75) is 38.1 Å². The fraction of sp³-hybridized carbons (Fsp3) is 0.455. The third-order valence-electron chi connectivity index (χ3n) is 5.52. The molecule has 8 nitrogen and oxygen atoms in total. The summed E-state index contributed by atoms with van der Waals surface area (Å²) in [6.07, 6.45) is 3.29. The van der Waals surface area contributed by atoms with Gasteiger partial charge in [0.2, 0.25) is 17.1 Å². The summed E-state index contributed by atoms with van der Waals surface area (Å²) in [5, 5.41) is 10.5. The zero-order valence-electron chi connectivity index (χ0n) is 16.8. The predicted molar refractivity (Wildman–Crippen MR) is 109 cm³/mol. The Morgan fingerprint density at radius 3 is 2.57 bits per heavy atom. The molecule has 3 N–H and O–H groups in total. The molecule has 1 aromatic heterocycles. The molecule has 3 heterocycles. The zero-order valence-corrected chi connectivity index (χ0v) is 16.8. The minimum Gasteiger partial charge on any atom is -0.502 e. The summed E-state index contributed by atoms with van der Waals surface area (Å²) in [4.78, 5) is 26.5. The summed E-state index contributed by atoms with van der Waals surface area (Å²) < 4.78 is 17.2. The number of hydrogen-bond acceptors (Lipinski definition) is 7. The van der Waals surface area contributed by atoms with E-state index in [1.807, 2.05) is 0 Å². The van der Waals surface area contributed by atoms with E-state index in [1.54, 1.807) is 18.2 Å². The molecule has 2 aliphatic rings. The highest BCUT2D eigenvalue weighted by molar-refractivity contribution is 5.75. The third kappa shape index (κ3) is 4.43. The van der Waals surface area contributed by atoms with Gasteiger partial charge in [-0.25, -0.2) is 0 Å². The van der Waals surface area contributed by atoms with Crippen LogP contribution in [0.2, 0.25) is 0 Å². The van der Waals surface area contributed by atoms with Gasteiger partial charge in [0.05, 0.1) is 12.5 Å². The Labute approximate surface area is 174 Å². The molecule has 2 aromatic rings. The first-order valence-corrected chi connectivity index (χ1v) is 10.3. The van der Waals surface area contributed by atoms with Crippen LogP contribution in [0.3, 0.4) is 0 Å². The number of hydrogen-bond donors (Lipinski definition) is 2. The topological polar surface area (TPSA) is 115 Å². The van der Waals surface area contributed by atoms with Gasteiger partial charge in [0.15, 0.2) is 17.3 Å². The van der Waals surface area contributed by atoms with E-state index in [9.17, 15) is 14.7 Å². The van der Waals surface area contributed by atoms with Crippen molar-refractivity contribution in [3.63, 3.8) is 0 Å². The molecule has 2 aliphatic heterocycles. The molecule has 0 unspecified atom stereocenters. The van der Waals surface area contributed by atoms with Crippen LogP contribution in [0.4, 0.5) is 0 Å². The molecule has 160 valence electrons. The van der Waals surface area contributed by atoms with Gasteiger partial charge in [-0.15, -0.1) is 0 Å². The van der Waals surface area contributed by atoms with Crippen molar-refractivity contribution in [2.75, 3.05) is 26.3 Å². The molecule has 0 aliphatic carbocycles. The highest BCUT2D eigenvalue weighted by Crippen LogP contribution is 2.38.